The highest BCUT2D eigenvalue weighted by Gasteiger charge is 2.22. The number of nitrogens with one attached hydrogen (secondary N) is 2. The molecular formula is C14H20N2O3. The second-order valence-corrected chi connectivity index (χ2v) is 4.65. The first kappa shape index (κ1) is 13.8. The molecule has 3 N–H and O–H groups in total. The van der Waals surface area contributed by atoms with E-state index < -0.39 is 6.10 Å². The zero-order valence-electron chi connectivity index (χ0n) is 11.1. The van der Waals surface area contributed by atoms with Crippen LogP contribution in [0.4, 0.5) is 0 Å². The van der Waals surface area contributed by atoms with E-state index in [2.05, 4.69) is 10.6 Å². The zero-order chi connectivity index (χ0) is 13.7. The molecule has 0 aliphatic carbocycles. The Hall–Kier alpha value is -1.59. The largest absolute Gasteiger partial charge is 0.496 e. The molecule has 0 aromatic heterocycles. The van der Waals surface area contributed by atoms with Crippen LogP contribution in [-0.4, -0.2) is 37.3 Å². The molecule has 104 valence electrons. The van der Waals surface area contributed by atoms with Crippen LogP contribution >= 0.6 is 0 Å². The molecule has 2 rings (SSSR count). The summed E-state index contributed by atoms with van der Waals surface area (Å²) in [7, 11) is 1.56. The van der Waals surface area contributed by atoms with Gasteiger partial charge in [0.2, 0.25) is 5.91 Å². The smallest absolute Gasteiger partial charge is 0.237 e. The van der Waals surface area contributed by atoms with Crippen molar-refractivity contribution in [1.29, 1.82) is 0 Å². The van der Waals surface area contributed by atoms with Crippen molar-refractivity contribution < 1.29 is 14.6 Å². The van der Waals surface area contributed by atoms with Crippen LogP contribution in [0.2, 0.25) is 0 Å². The zero-order valence-corrected chi connectivity index (χ0v) is 11.1. The van der Waals surface area contributed by atoms with Crippen molar-refractivity contribution in [2.45, 2.75) is 25.0 Å². The number of hydrogen-bond donors (Lipinski definition) is 3. The summed E-state index contributed by atoms with van der Waals surface area (Å²) in [6, 6.07) is 7.14. The molecular weight excluding hydrogens is 244 g/mol. The summed E-state index contributed by atoms with van der Waals surface area (Å²) in [5.74, 6) is 0.578. The third-order valence-electron chi connectivity index (χ3n) is 3.34. The lowest BCUT2D eigenvalue weighted by atomic mass is 10.1. The summed E-state index contributed by atoms with van der Waals surface area (Å²) >= 11 is 0. The van der Waals surface area contributed by atoms with Gasteiger partial charge < -0.3 is 20.5 Å². The summed E-state index contributed by atoms with van der Waals surface area (Å²) in [6.07, 6.45) is 1.12. The third-order valence-corrected chi connectivity index (χ3v) is 3.34. The van der Waals surface area contributed by atoms with Crippen LogP contribution in [0, 0.1) is 0 Å². The van der Waals surface area contributed by atoms with Gasteiger partial charge in [-0.15, -0.1) is 0 Å². The fraction of sp³-hybridized carbons (Fsp3) is 0.500. The molecule has 1 aromatic carbocycles. The van der Waals surface area contributed by atoms with Gasteiger partial charge in [-0.05, 0) is 25.5 Å². The van der Waals surface area contributed by atoms with Gasteiger partial charge in [-0.2, -0.15) is 0 Å². The first-order chi connectivity index (χ1) is 9.22. The van der Waals surface area contributed by atoms with Crippen molar-refractivity contribution in [2.24, 2.45) is 0 Å². The van der Waals surface area contributed by atoms with E-state index in [-0.39, 0.29) is 18.5 Å². The van der Waals surface area contributed by atoms with Gasteiger partial charge >= 0.3 is 0 Å². The van der Waals surface area contributed by atoms with Crippen LogP contribution in [0.5, 0.6) is 5.75 Å². The average Bonchev–Trinajstić information content (AvgIpc) is 2.98. The van der Waals surface area contributed by atoms with Gasteiger partial charge in [0.25, 0.3) is 0 Å². The lowest BCUT2D eigenvalue weighted by molar-refractivity contribution is -0.123. The number of benzene rings is 1. The van der Waals surface area contributed by atoms with Gasteiger partial charge in [0.05, 0.1) is 19.3 Å². The minimum Gasteiger partial charge on any atom is -0.496 e. The topological polar surface area (TPSA) is 70.6 Å². The maximum absolute atomic E-state index is 11.8. The highest BCUT2D eigenvalue weighted by Crippen LogP contribution is 2.24. The number of ether oxygens (including phenoxy) is 1. The Bertz CT molecular complexity index is 430. The molecule has 5 nitrogen and oxygen atoms in total. The molecule has 0 saturated carbocycles. The summed E-state index contributed by atoms with van der Waals surface area (Å²) in [5.41, 5.74) is 0.685. The normalized spacial score (nSPS) is 20.0. The number of rotatable bonds is 5. The van der Waals surface area contributed by atoms with E-state index in [4.69, 9.17) is 4.74 Å². The van der Waals surface area contributed by atoms with Gasteiger partial charge in [0.15, 0.2) is 0 Å². The molecule has 1 aromatic rings. The number of aliphatic hydroxyl groups excluding tert-OH is 1. The maximum atomic E-state index is 11.8. The summed E-state index contributed by atoms with van der Waals surface area (Å²) in [5, 5.41) is 16.0. The number of para-hydroxylation sites is 1. The summed E-state index contributed by atoms with van der Waals surface area (Å²) in [6.45, 7) is 1.07. The van der Waals surface area contributed by atoms with Crippen LogP contribution in [0.3, 0.4) is 0 Å². The maximum Gasteiger partial charge on any atom is 0.237 e. The Labute approximate surface area is 113 Å². The van der Waals surface area contributed by atoms with Crippen molar-refractivity contribution in [2.75, 3.05) is 20.2 Å². The fourth-order valence-electron chi connectivity index (χ4n) is 2.28. The van der Waals surface area contributed by atoms with Gasteiger partial charge in [-0.1, -0.05) is 18.2 Å². The molecule has 1 fully saturated rings. The molecule has 5 heteroatoms. The molecule has 1 aliphatic heterocycles. The molecule has 0 unspecified atom stereocenters. The molecule has 0 radical (unpaired) electrons. The lowest BCUT2D eigenvalue weighted by Crippen LogP contribution is -2.41. The molecule has 19 heavy (non-hydrogen) atoms. The van der Waals surface area contributed by atoms with Crippen molar-refractivity contribution >= 4 is 5.91 Å². The SMILES string of the molecule is COc1ccccc1[C@H](O)CNC(=O)[C@@H]1CCCN1. The Balaban J connectivity index is 1.89. The monoisotopic (exact) mass is 264 g/mol. The first-order valence-corrected chi connectivity index (χ1v) is 6.54. The summed E-state index contributed by atoms with van der Waals surface area (Å²) in [4.78, 5) is 11.8. The van der Waals surface area contributed by atoms with Crippen molar-refractivity contribution in [1.82, 2.24) is 10.6 Å². The van der Waals surface area contributed by atoms with Crippen LogP contribution in [0.25, 0.3) is 0 Å². The van der Waals surface area contributed by atoms with Crippen molar-refractivity contribution in [3.05, 3.63) is 29.8 Å². The predicted octanol–water partition coefficient (Wildman–Crippen LogP) is 0.597. The number of carbonyl (C=O) groups is 1. The molecule has 0 bridgehead atoms. The van der Waals surface area contributed by atoms with Gasteiger partial charge in [-0.25, -0.2) is 0 Å². The standard InChI is InChI=1S/C14H20N2O3/c1-19-13-7-3-2-5-10(13)12(17)9-16-14(18)11-6-4-8-15-11/h2-3,5,7,11-12,15,17H,4,6,8-9H2,1H3,(H,16,18)/t11-,12+/m0/s1. The van der Waals surface area contributed by atoms with Gasteiger partial charge in [-0.3, -0.25) is 4.79 Å². The molecule has 1 aliphatic rings. The Morgan fingerprint density at radius 1 is 1.58 bits per heavy atom. The number of hydrogen-bond acceptors (Lipinski definition) is 4. The van der Waals surface area contributed by atoms with E-state index in [1.165, 1.54) is 0 Å². The van der Waals surface area contributed by atoms with Crippen LogP contribution < -0.4 is 15.4 Å². The van der Waals surface area contributed by atoms with E-state index in [0.29, 0.717) is 11.3 Å². The highest BCUT2D eigenvalue weighted by molar-refractivity contribution is 5.82. The number of carbonyl (C=O) groups excluding carboxylic acids is 1. The van der Waals surface area contributed by atoms with Crippen LogP contribution in [0.15, 0.2) is 24.3 Å². The average molecular weight is 264 g/mol. The van der Waals surface area contributed by atoms with E-state index in [0.717, 1.165) is 19.4 Å². The molecule has 1 heterocycles. The van der Waals surface area contributed by atoms with Gasteiger partial charge in [0.1, 0.15) is 5.75 Å². The quantitative estimate of drug-likeness (QED) is 0.728. The first-order valence-electron chi connectivity index (χ1n) is 6.54. The minimum atomic E-state index is -0.762. The van der Waals surface area contributed by atoms with Crippen LogP contribution in [-0.2, 0) is 4.79 Å². The van der Waals surface area contributed by atoms with E-state index in [9.17, 15) is 9.90 Å². The minimum absolute atomic E-state index is 0.0496. The Morgan fingerprint density at radius 2 is 2.37 bits per heavy atom. The van der Waals surface area contributed by atoms with E-state index in [1.54, 1.807) is 19.2 Å². The van der Waals surface area contributed by atoms with E-state index >= 15 is 0 Å². The summed E-state index contributed by atoms with van der Waals surface area (Å²) < 4.78 is 5.19. The Morgan fingerprint density at radius 3 is 3.05 bits per heavy atom. The van der Waals surface area contributed by atoms with Crippen LogP contribution in [0.1, 0.15) is 24.5 Å². The molecule has 1 amide bonds. The molecule has 2 atom stereocenters. The lowest BCUT2D eigenvalue weighted by Gasteiger charge is -2.17. The third kappa shape index (κ3) is 3.45. The van der Waals surface area contributed by atoms with Crippen molar-refractivity contribution in [3.63, 3.8) is 0 Å². The predicted molar refractivity (Wildman–Crippen MR) is 72.0 cm³/mol. The Kier molecular flexibility index (Phi) is 4.76. The second kappa shape index (κ2) is 6.54. The number of amides is 1. The second-order valence-electron chi connectivity index (χ2n) is 4.65. The van der Waals surface area contributed by atoms with Crippen molar-refractivity contribution in [3.8, 4) is 5.75 Å². The van der Waals surface area contributed by atoms with Gasteiger partial charge in [0, 0.05) is 12.1 Å². The fourth-order valence-corrected chi connectivity index (χ4v) is 2.28. The molecule has 0 spiro atoms. The molecule has 1 saturated heterocycles. The number of methoxy groups -OCH3 is 1. The highest BCUT2D eigenvalue weighted by atomic mass is 16.5. The van der Waals surface area contributed by atoms with E-state index in [1.807, 2.05) is 12.1 Å². The number of aliphatic hydroxyl groups is 1.